The van der Waals surface area contributed by atoms with E-state index in [1.807, 2.05) is 6.92 Å². The van der Waals surface area contributed by atoms with Gasteiger partial charge in [0.25, 0.3) is 0 Å². The van der Waals surface area contributed by atoms with Crippen LogP contribution in [0.15, 0.2) is 0 Å². The summed E-state index contributed by atoms with van der Waals surface area (Å²) in [4.78, 5) is 2.35. The average Bonchev–Trinajstić information content (AvgIpc) is 2.53. The lowest BCUT2D eigenvalue weighted by Gasteiger charge is -2.29. The molecule has 0 aliphatic carbocycles. The summed E-state index contributed by atoms with van der Waals surface area (Å²) in [6.45, 7) is 6.63. The number of rotatable bonds is 1. The lowest BCUT2D eigenvalue weighted by Crippen LogP contribution is -2.32. The molecule has 0 amide bonds. The van der Waals surface area contributed by atoms with Crippen LogP contribution in [0.5, 0.6) is 0 Å². The quantitative estimate of drug-likeness (QED) is 0.690. The third-order valence-electron chi connectivity index (χ3n) is 2.57. The van der Waals surface area contributed by atoms with Gasteiger partial charge in [-0.2, -0.15) is 0 Å². The van der Waals surface area contributed by atoms with Gasteiger partial charge < -0.3 is 4.90 Å². The van der Waals surface area contributed by atoms with Crippen LogP contribution >= 0.6 is 11.3 Å². The fourth-order valence-electron chi connectivity index (χ4n) is 1.61. The highest BCUT2D eigenvalue weighted by Crippen LogP contribution is 2.25. The molecule has 2 rings (SSSR count). The second-order valence-corrected chi connectivity index (χ2v) is 4.93. The molecule has 1 saturated heterocycles. The highest BCUT2D eigenvalue weighted by Gasteiger charge is 2.18. The molecule has 13 heavy (non-hydrogen) atoms. The molecule has 0 atom stereocenters. The highest BCUT2D eigenvalue weighted by atomic mass is 32.1. The van der Waals surface area contributed by atoms with Crippen LogP contribution in [0.2, 0.25) is 0 Å². The minimum atomic E-state index is 0.880. The van der Waals surface area contributed by atoms with Crippen molar-refractivity contribution >= 4 is 16.5 Å². The molecule has 1 fully saturated rings. The van der Waals surface area contributed by atoms with E-state index < -0.39 is 0 Å². The molecule has 72 valence electrons. The van der Waals surface area contributed by atoms with Crippen LogP contribution in [0.25, 0.3) is 0 Å². The van der Waals surface area contributed by atoms with Crippen molar-refractivity contribution in [3.63, 3.8) is 0 Å². The lowest BCUT2D eigenvalue weighted by atomic mass is 10.00. The molecule has 1 aromatic heterocycles. The Bertz CT molecular complexity index is 276. The second kappa shape index (κ2) is 3.62. The van der Waals surface area contributed by atoms with Gasteiger partial charge >= 0.3 is 0 Å². The predicted octanol–water partition coefficient (Wildman–Crippen LogP) is 2.08. The van der Waals surface area contributed by atoms with Gasteiger partial charge in [-0.25, -0.2) is 0 Å². The fraction of sp³-hybridized carbons (Fsp3) is 0.778. The molecule has 0 bridgehead atoms. The van der Waals surface area contributed by atoms with Crippen molar-refractivity contribution < 1.29 is 0 Å². The zero-order valence-electron chi connectivity index (χ0n) is 8.16. The molecule has 0 radical (unpaired) electrons. The first kappa shape index (κ1) is 8.94. The Labute approximate surface area is 82.8 Å². The van der Waals surface area contributed by atoms with E-state index in [4.69, 9.17) is 0 Å². The van der Waals surface area contributed by atoms with Crippen molar-refractivity contribution in [1.82, 2.24) is 10.2 Å². The summed E-state index contributed by atoms with van der Waals surface area (Å²) in [6, 6.07) is 0. The van der Waals surface area contributed by atoms with E-state index >= 15 is 0 Å². The molecule has 0 unspecified atom stereocenters. The van der Waals surface area contributed by atoms with Gasteiger partial charge in [0, 0.05) is 13.1 Å². The average molecular weight is 197 g/mol. The summed E-state index contributed by atoms with van der Waals surface area (Å²) in [5.74, 6) is 0.880. The maximum absolute atomic E-state index is 4.16. The van der Waals surface area contributed by atoms with E-state index in [1.165, 1.54) is 12.8 Å². The maximum Gasteiger partial charge on any atom is 0.208 e. The van der Waals surface area contributed by atoms with Gasteiger partial charge in [-0.05, 0) is 25.7 Å². The number of aromatic nitrogens is 2. The number of piperidine rings is 1. The van der Waals surface area contributed by atoms with Gasteiger partial charge in [0.15, 0.2) is 0 Å². The van der Waals surface area contributed by atoms with Gasteiger partial charge in [-0.3, -0.25) is 0 Å². The van der Waals surface area contributed by atoms with Crippen LogP contribution in [0, 0.1) is 12.8 Å². The molecular formula is C9H15N3S. The maximum atomic E-state index is 4.16. The summed E-state index contributed by atoms with van der Waals surface area (Å²) < 4.78 is 0. The molecule has 0 spiro atoms. The molecule has 3 nitrogen and oxygen atoms in total. The number of anilines is 1. The Kier molecular flexibility index (Phi) is 2.49. The van der Waals surface area contributed by atoms with E-state index in [0.717, 1.165) is 29.1 Å². The van der Waals surface area contributed by atoms with Crippen molar-refractivity contribution in [3.05, 3.63) is 5.01 Å². The fourth-order valence-corrected chi connectivity index (χ4v) is 2.35. The molecular weight excluding hydrogens is 182 g/mol. The lowest BCUT2D eigenvalue weighted by molar-refractivity contribution is 0.437. The van der Waals surface area contributed by atoms with E-state index in [2.05, 4.69) is 22.0 Å². The molecule has 0 aromatic carbocycles. The van der Waals surface area contributed by atoms with Crippen molar-refractivity contribution in [1.29, 1.82) is 0 Å². The highest BCUT2D eigenvalue weighted by molar-refractivity contribution is 7.15. The summed E-state index contributed by atoms with van der Waals surface area (Å²) in [7, 11) is 0. The van der Waals surface area contributed by atoms with Crippen molar-refractivity contribution in [2.24, 2.45) is 5.92 Å². The molecule has 1 aliphatic rings. The third kappa shape index (κ3) is 1.99. The van der Waals surface area contributed by atoms with Gasteiger partial charge in [0.2, 0.25) is 5.13 Å². The van der Waals surface area contributed by atoms with Crippen LogP contribution < -0.4 is 4.90 Å². The minimum Gasteiger partial charge on any atom is -0.347 e. The Hall–Kier alpha value is -0.640. The second-order valence-electron chi connectivity index (χ2n) is 3.77. The smallest absolute Gasteiger partial charge is 0.208 e. The predicted molar refractivity (Wildman–Crippen MR) is 55.3 cm³/mol. The number of nitrogens with zero attached hydrogens (tertiary/aromatic N) is 3. The zero-order valence-corrected chi connectivity index (χ0v) is 8.97. The summed E-state index contributed by atoms with van der Waals surface area (Å²) in [5.41, 5.74) is 0. The summed E-state index contributed by atoms with van der Waals surface area (Å²) >= 11 is 1.70. The molecule has 2 heterocycles. The van der Waals surface area contributed by atoms with Gasteiger partial charge in [0.1, 0.15) is 5.01 Å². The topological polar surface area (TPSA) is 29.0 Å². The molecule has 1 aliphatic heterocycles. The van der Waals surface area contributed by atoms with Crippen LogP contribution in [0.1, 0.15) is 24.8 Å². The minimum absolute atomic E-state index is 0.880. The van der Waals surface area contributed by atoms with Crippen molar-refractivity contribution in [3.8, 4) is 0 Å². The SMILES string of the molecule is Cc1nnc(N2CCC(C)CC2)s1. The molecule has 0 N–H and O–H groups in total. The van der Waals surface area contributed by atoms with Crippen molar-refractivity contribution in [2.75, 3.05) is 18.0 Å². The zero-order chi connectivity index (χ0) is 9.26. The van der Waals surface area contributed by atoms with E-state index in [9.17, 15) is 0 Å². The first-order valence-corrected chi connectivity index (χ1v) is 5.62. The monoisotopic (exact) mass is 197 g/mol. The normalized spacial score (nSPS) is 19.4. The van der Waals surface area contributed by atoms with Crippen LogP contribution in [0.4, 0.5) is 5.13 Å². The summed E-state index contributed by atoms with van der Waals surface area (Å²) in [6.07, 6.45) is 2.58. The Morgan fingerprint density at radius 3 is 2.54 bits per heavy atom. The first-order valence-electron chi connectivity index (χ1n) is 4.81. The van der Waals surface area contributed by atoms with Crippen LogP contribution in [-0.2, 0) is 0 Å². The van der Waals surface area contributed by atoms with Gasteiger partial charge in [0.05, 0.1) is 0 Å². The van der Waals surface area contributed by atoms with Crippen LogP contribution in [-0.4, -0.2) is 23.3 Å². The third-order valence-corrected chi connectivity index (χ3v) is 3.47. The largest absolute Gasteiger partial charge is 0.347 e. The molecule has 4 heteroatoms. The Morgan fingerprint density at radius 2 is 2.00 bits per heavy atom. The summed E-state index contributed by atoms with van der Waals surface area (Å²) in [5, 5.41) is 10.4. The Balaban J connectivity index is 2.02. The van der Waals surface area contributed by atoms with Gasteiger partial charge in [-0.1, -0.05) is 18.3 Å². The van der Waals surface area contributed by atoms with E-state index in [1.54, 1.807) is 11.3 Å². The number of hydrogen-bond acceptors (Lipinski definition) is 4. The molecule has 0 saturated carbocycles. The standard InChI is InChI=1S/C9H15N3S/c1-7-3-5-12(6-4-7)9-11-10-8(2)13-9/h7H,3-6H2,1-2H3. The Morgan fingerprint density at radius 1 is 1.31 bits per heavy atom. The van der Waals surface area contributed by atoms with Crippen LogP contribution in [0.3, 0.4) is 0 Å². The number of aryl methyl sites for hydroxylation is 1. The first-order chi connectivity index (χ1) is 6.25. The van der Waals surface area contributed by atoms with Gasteiger partial charge in [-0.15, -0.1) is 10.2 Å². The number of hydrogen-bond donors (Lipinski definition) is 0. The van der Waals surface area contributed by atoms with E-state index in [-0.39, 0.29) is 0 Å². The molecule has 1 aromatic rings. The van der Waals surface area contributed by atoms with E-state index in [0.29, 0.717) is 0 Å². The van der Waals surface area contributed by atoms with Crippen molar-refractivity contribution in [2.45, 2.75) is 26.7 Å².